The van der Waals surface area contributed by atoms with Crippen LogP contribution in [0.5, 0.6) is 11.5 Å². The van der Waals surface area contributed by atoms with Gasteiger partial charge in [-0.1, -0.05) is 6.07 Å². The number of carboxylic acid groups (broad SMARTS) is 1. The van der Waals surface area contributed by atoms with Gasteiger partial charge in [-0.25, -0.2) is 0 Å². The Balaban J connectivity index is 1.19. The summed E-state index contributed by atoms with van der Waals surface area (Å²) in [7, 11) is 0. The number of nitrogens with zero attached hydrogens (tertiary/aromatic N) is 2. The average Bonchev–Trinajstić information content (AvgIpc) is 3.43. The molecule has 28 heavy (non-hydrogen) atoms. The van der Waals surface area contributed by atoms with Crippen LogP contribution in [0.3, 0.4) is 0 Å². The fraction of sp³-hybridized carbons (Fsp3) is 0.600. The highest BCUT2D eigenvalue weighted by Crippen LogP contribution is 2.44. The van der Waals surface area contributed by atoms with Crippen molar-refractivity contribution in [2.45, 2.75) is 31.6 Å². The molecule has 0 spiro atoms. The van der Waals surface area contributed by atoms with E-state index in [4.69, 9.17) is 14.2 Å². The van der Waals surface area contributed by atoms with Gasteiger partial charge < -0.3 is 24.2 Å². The van der Waals surface area contributed by atoms with Gasteiger partial charge in [0.2, 0.25) is 12.7 Å². The number of aliphatic carboxylic acids is 1. The molecule has 0 aliphatic carbocycles. The Bertz CT molecular complexity index is 791. The third kappa shape index (κ3) is 3.00. The van der Waals surface area contributed by atoms with E-state index < -0.39 is 17.8 Å². The van der Waals surface area contributed by atoms with E-state index in [1.54, 1.807) is 0 Å². The largest absolute Gasteiger partial charge is 0.481 e. The summed E-state index contributed by atoms with van der Waals surface area (Å²) in [5.41, 5.74) is 1.15. The monoisotopic (exact) mass is 388 g/mol. The number of carbonyl (C=O) groups is 2. The first-order chi connectivity index (χ1) is 13.6. The van der Waals surface area contributed by atoms with Crippen LogP contribution < -0.4 is 9.47 Å². The van der Waals surface area contributed by atoms with Gasteiger partial charge in [-0.15, -0.1) is 0 Å². The summed E-state index contributed by atoms with van der Waals surface area (Å²) in [6.07, 6.45) is 0.998. The SMILES string of the molecule is O=C(O)[C@H]1[C@@H](C(=O)N2CCN(Cc3ccc4c(c3)OCO4)CC2)[C@H]2CC[C@@H]1O2. The zero-order valence-electron chi connectivity index (χ0n) is 15.6. The molecule has 1 amide bonds. The first-order valence-corrected chi connectivity index (χ1v) is 9.88. The Morgan fingerprint density at radius 3 is 2.46 bits per heavy atom. The van der Waals surface area contributed by atoms with Crippen LogP contribution in [0.4, 0.5) is 0 Å². The number of amides is 1. The van der Waals surface area contributed by atoms with Crippen LogP contribution in [0.15, 0.2) is 18.2 Å². The Hall–Kier alpha value is -2.32. The van der Waals surface area contributed by atoms with Crippen LogP contribution in [0.2, 0.25) is 0 Å². The van der Waals surface area contributed by atoms with Crippen LogP contribution in [0.1, 0.15) is 18.4 Å². The minimum absolute atomic E-state index is 0.0534. The molecule has 1 N–H and O–H groups in total. The van der Waals surface area contributed by atoms with E-state index >= 15 is 0 Å². The van der Waals surface area contributed by atoms with E-state index in [0.29, 0.717) is 13.1 Å². The number of benzene rings is 1. The van der Waals surface area contributed by atoms with Gasteiger partial charge in [0.05, 0.1) is 24.0 Å². The maximum atomic E-state index is 13.0. The number of rotatable bonds is 4. The average molecular weight is 388 g/mol. The second-order valence-corrected chi connectivity index (χ2v) is 7.97. The molecule has 0 saturated carbocycles. The molecule has 4 atom stereocenters. The Morgan fingerprint density at radius 2 is 1.71 bits per heavy atom. The van der Waals surface area contributed by atoms with Crippen LogP contribution in [0, 0.1) is 11.8 Å². The smallest absolute Gasteiger partial charge is 0.310 e. The van der Waals surface area contributed by atoms with Crippen molar-refractivity contribution in [2.75, 3.05) is 33.0 Å². The Morgan fingerprint density at radius 1 is 1.00 bits per heavy atom. The van der Waals surface area contributed by atoms with Crippen molar-refractivity contribution in [1.82, 2.24) is 9.80 Å². The molecule has 2 bridgehead atoms. The van der Waals surface area contributed by atoms with Crippen molar-refractivity contribution in [3.05, 3.63) is 23.8 Å². The second-order valence-electron chi connectivity index (χ2n) is 7.97. The van der Waals surface area contributed by atoms with E-state index in [9.17, 15) is 14.7 Å². The number of carboxylic acids is 1. The zero-order chi connectivity index (χ0) is 19.3. The topological polar surface area (TPSA) is 88.5 Å². The summed E-state index contributed by atoms with van der Waals surface area (Å²) in [5, 5.41) is 9.55. The van der Waals surface area contributed by atoms with Gasteiger partial charge in [0.15, 0.2) is 11.5 Å². The van der Waals surface area contributed by atoms with Crippen LogP contribution >= 0.6 is 0 Å². The van der Waals surface area contributed by atoms with Crippen molar-refractivity contribution < 1.29 is 28.9 Å². The molecule has 0 unspecified atom stereocenters. The molecule has 150 valence electrons. The number of hydrogen-bond donors (Lipinski definition) is 1. The Labute approximate surface area is 162 Å². The molecule has 1 aromatic carbocycles. The van der Waals surface area contributed by atoms with Crippen LogP contribution in [-0.4, -0.2) is 72.0 Å². The molecule has 0 radical (unpaired) electrons. The van der Waals surface area contributed by atoms with E-state index in [-0.39, 0.29) is 24.9 Å². The molecule has 0 aromatic heterocycles. The van der Waals surface area contributed by atoms with Gasteiger partial charge in [0, 0.05) is 32.7 Å². The van der Waals surface area contributed by atoms with Crippen LogP contribution in [-0.2, 0) is 20.9 Å². The van der Waals surface area contributed by atoms with Crippen LogP contribution in [0.25, 0.3) is 0 Å². The number of hydrogen-bond acceptors (Lipinski definition) is 6. The molecular weight excluding hydrogens is 364 g/mol. The lowest BCUT2D eigenvalue weighted by Gasteiger charge is -2.37. The van der Waals surface area contributed by atoms with E-state index in [0.717, 1.165) is 49.5 Å². The minimum atomic E-state index is -0.910. The molecule has 3 fully saturated rings. The van der Waals surface area contributed by atoms with Crippen molar-refractivity contribution in [1.29, 1.82) is 0 Å². The zero-order valence-corrected chi connectivity index (χ0v) is 15.6. The molecule has 4 aliphatic rings. The van der Waals surface area contributed by atoms with E-state index in [2.05, 4.69) is 4.90 Å². The van der Waals surface area contributed by atoms with Gasteiger partial charge in [-0.3, -0.25) is 14.5 Å². The lowest BCUT2D eigenvalue weighted by Crippen LogP contribution is -2.53. The number of fused-ring (bicyclic) bond motifs is 3. The quantitative estimate of drug-likeness (QED) is 0.821. The van der Waals surface area contributed by atoms with Gasteiger partial charge in [-0.2, -0.15) is 0 Å². The molecular formula is C20H24N2O6. The summed E-state index contributed by atoms with van der Waals surface area (Å²) in [6.45, 7) is 3.81. The predicted octanol–water partition coefficient (Wildman–Crippen LogP) is 0.938. The number of carbonyl (C=O) groups excluding carboxylic acids is 1. The summed E-state index contributed by atoms with van der Waals surface area (Å²) in [5.74, 6) is -0.633. The lowest BCUT2D eigenvalue weighted by atomic mass is 9.78. The van der Waals surface area contributed by atoms with E-state index in [1.165, 1.54) is 0 Å². The molecule has 5 rings (SSSR count). The third-order valence-electron chi connectivity index (χ3n) is 6.37. The molecule has 3 saturated heterocycles. The molecule has 8 nitrogen and oxygen atoms in total. The van der Waals surface area contributed by atoms with Crippen molar-refractivity contribution >= 4 is 11.9 Å². The first kappa shape index (κ1) is 17.8. The Kier molecular flexibility index (Phi) is 4.40. The summed E-state index contributed by atoms with van der Waals surface area (Å²) < 4.78 is 16.5. The molecule has 1 aromatic rings. The lowest BCUT2D eigenvalue weighted by molar-refractivity contribution is -0.151. The molecule has 4 aliphatic heterocycles. The predicted molar refractivity (Wildman–Crippen MR) is 96.9 cm³/mol. The number of ether oxygens (including phenoxy) is 3. The van der Waals surface area contributed by atoms with Gasteiger partial charge in [0.1, 0.15) is 0 Å². The highest BCUT2D eigenvalue weighted by atomic mass is 16.7. The molecule has 8 heteroatoms. The van der Waals surface area contributed by atoms with Gasteiger partial charge in [0.25, 0.3) is 0 Å². The second kappa shape index (κ2) is 6.93. The maximum Gasteiger partial charge on any atom is 0.310 e. The fourth-order valence-corrected chi connectivity index (χ4v) is 4.94. The third-order valence-corrected chi connectivity index (χ3v) is 6.37. The van der Waals surface area contributed by atoms with Gasteiger partial charge in [-0.05, 0) is 30.5 Å². The number of piperazine rings is 1. The summed E-state index contributed by atoms with van der Waals surface area (Å²) >= 11 is 0. The molecule has 4 heterocycles. The standard InChI is InChI=1S/C20H24N2O6/c23-19(17-14-3-4-15(28-14)18(17)20(24)25)22-7-5-21(6-8-22)10-12-1-2-13-16(9-12)27-11-26-13/h1-2,9,14-15,17-18H,3-8,10-11H2,(H,24,25)/t14-,15+,17+,18-/m1/s1. The summed E-state index contributed by atoms with van der Waals surface area (Å²) in [6, 6.07) is 5.97. The van der Waals surface area contributed by atoms with E-state index in [1.807, 2.05) is 23.1 Å². The van der Waals surface area contributed by atoms with Crippen molar-refractivity contribution in [2.24, 2.45) is 11.8 Å². The van der Waals surface area contributed by atoms with Crippen molar-refractivity contribution in [3.8, 4) is 11.5 Å². The normalized spacial score (nSPS) is 31.4. The van der Waals surface area contributed by atoms with Gasteiger partial charge >= 0.3 is 5.97 Å². The maximum absolute atomic E-state index is 13.0. The minimum Gasteiger partial charge on any atom is -0.481 e. The highest BCUT2D eigenvalue weighted by Gasteiger charge is 2.56. The van der Waals surface area contributed by atoms with Crippen molar-refractivity contribution in [3.63, 3.8) is 0 Å². The highest BCUT2D eigenvalue weighted by molar-refractivity contribution is 5.86. The summed E-state index contributed by atoms with van der Waals surface area (Å²) in [4.78, 5) is 28.8. The fourth-order valence-electron chi connectivity index (χ4n) is 4.94. The first-order valence-electron chi connectivity index (χ1n) is 9.88.